The van der Waals surface area contributed by atoms with Gasteiger partial charge in [-0.1, -0.05) is 11.6 Å². The number of methoxy groups -OCH3 is 1. The third kappa shape index (κ3) is 3.61. The van der Waals surface area contributed by atoms with Crippen LogP contribution in [-0.2, 0) is 17.0 Å². The van der Waals surface area contributed by atoms with Gasteiger partial charge >= 0.3 is 8.08 Å². The van der Waals surface area contributed by atoms with Gasteiger partial charge in [0, 0.05) is 26.7 Å². The summed E-state index contributed by atoms with van der Waals surface area (Å²) in [5.74, 6) is 0.306. The molecule has 18 heavy (non-hydrogen) atoms. The molecule has 0 radical (unpaired) electrons. The highest BCUT2D eigenvalue weighted by Gasteiger charge is 2.23. The van der Waals surface area contributed by atoms with Gasteiger partial charge in [-0.2, -0.15) is 8.42 Å². The van der Waals surface area contributed by atoms with Gasteiger partial charge in [-0.05, 0) is 24.3 Å². The van der Waals surface area contributed by atoms with Gasteiger partial charge in [0.05, 0.1) is 7.11 Å². The standard InChI is InChI=1S/C9H8Cl2O5S2/c1-16-9-6-8(10)3-2-7(9)4-5-17(12,13)18(11,14)15/h2-6H,1H3. The summed E-state index contributed by atoms with van der Waals surface area (Å²) in [6.07, 6.45) is 1.06. The van der Waals surface area contributed by atoms with E-state index in [0.29, 0.717) is 21.7 Å². The number of benzene rings is 1. The van der Waals surface area contributed by atoms with Crippen LogP contribution in [0.3, 0.4) is 0 Å². The molecule has 0 fully saturated rings. The third-order valence-corrected chi connectivity index (χ3v) is 6.73. The van der Waals surface area contributed by atoms with Crippen molar-refractivity contribution in [1.29, 1.82) is 0 Å². The minimum absolute atomic E-state index is 0.306. The van der Waals surface area contributed by atoms with E-state index in [1.807, 2.05) is 0 Å². The minimum atomic E-state index is -4.71. The molecule has 100 valence electrons. The molecule has 1 aromatic rings. The highest BCUT2D eigenvalue weighted by Crippen LogP contribution is 2.25. The van der Waals surface area contributed by atoms with Crippen molar-refractivity contribution in [3.05, 3.63) is 34.2 Å². The summed E-state index contributed by atoms with van der Waals surface area (Å²) >= 11 is 5.72. The Kier molecular flexibility index (Phi) is 4.66. The van der Waals surface area contributed by atoms with Crippen molar-refractivity contribution >= 4 is 45.3 Å². The quantitative estimate of drug-likeness (QED) is 0.624. The number of hydrogen-bond donors (Lipinski definition) is 0. The maximum atomic E-state index is 11.2. The fourth-order valence-corrected chi connectivity index (χ4v) is 2.60. The SMILES string of the molecule is COc1cc(Cl)ccc1C=CS(=O)(=O)S(=O)(=O)Cl. The topological polar surface area (TPSA) is 77.5 Å². The Hall–Kier alpha value is -0.760. The Bertz CT molecular complexity index is 677. The molecule has 0 heterocycles. The summed E-state index contributed by atoms with van der Waals surface area (Å²) in [7, 11) is -3.13. The van der Waals surface area contributed by atoms with Gasteiger partial charge in [0.15, 0.2) is 0 Å². The van der Waals surface area contributed by atoms with E-state index in [9.17, 15) is 16.8 Å². The number of ether oxygens (including phenoxy) is 1. The van der Waals surface area contributed by atoms with Gasteiger partial charge in [0.1, 0.15) is 5.75 Å². The molecule has 0 aliphatic rings. The van der Waals surface area contributed by atoms with Crippen molar-refractivity contribution in [3.63, 3.8) is 0 Å². The van der Waals surface area contributed by atoms with Gasteiger partial charge in [-0.25, -0.2) is 8.42 Å². The number of halogens is 2. The highest BCUT2D eigenvalue weighted by molar-refractivity contribution is 8.76. The lowest BCUT2D eigenvalue weighted by atomic mass is 10.2. The lowest BCUT2D eigenvalue weighted by molar-refractivity contribution is 0.414. The first-order valence-electron chi connectivity index (χ1n) is 4.38. The van der Waals surface area contributed by atoms with Gasteiger partial charge in [-0.15, -0.1) is 0 Å². The van der Waals surface area contributed by atoms with Crippen molar-refractivity contribution < 1.29 is 21.6 Å². The summed E-state index contributed by atoms with van der Waals surface area (Å²) in [5.41, 5.74) is 0.353. The maximum absolute atomic E-state index is 11.2. The van der Waals surface area contributed by atoms with E-state index in [0.717, 1.165) is 6.08 Å². The first-order valence-corrected chi connectivity index (χ1v) is 9.14. The number of rotatable bonds is 4. The summed E-state index contributed by atoms with van der Waals surface area (Å²) in [6, 6.07) is 4.45. The van der Waals surface area contributed by atoms with Crippen molar-refractivity contribution in [1.82, 2.24) is 0 Å². The largest absolute Gasteiger partial charge is 0.496 e. The minimum Gasteiger partial charge on any atom is -0.496 e. The first kappa shape index (κ1) is 15.3. The van der Waals surface area contributed by atoms with Crippen molar-refractivity contribution in [3.8, 4) is 5.75 Å². The van der Waals surface area contributed by atoms with Crippen LogP contribution in [0.2, 0.25) is 5.02 Å². The average molecular weight is 331 g/mol. The van der Waals surface area contributed by atoms with Crippen molar-refractivity contribution in [2.45, 2.75) is 0 Å². The van der Waals surface area contributed by atoms with E-state index in [4.69, 9.17) is 27.0 Å². The average Bonchev–Trinajstić information content (AvgIpc) is 2.25. The Morgan fingerprint density at radius 1 is 1.22 bits per heavy atom. The Morgan fingerprint density at radius 2 is 1.83 bits per heavy atom. The van der Waals surface area contributed by atoms with E-state index in [2.05, 4.69) is 0 Å². The molecule has 0 N–H and O–H groups in total. The zero-order chi connectivity index (χ0) is 14.0. The molecule has 0 amide bonds. The molecule has 1 rings (SSSR count). The second kappa shape index (κ2) is 5.48. The molecule has 0 aromatic heterocycles. The maximum Gasteiger partial charge on any atom is 0.341 e. The molecule has 0 atom stereocenters. The van der Waals surface area contributed by atoms with Gasteiger partial charge in [0.2, 0.25) is 0 Å². The molecular formula is C9H8Cl2O5S2. The summed E-state index contributed by atoms with van der Waals surface area (Å²) in [6.45, 7) is 0. The third-order valence-electron chi connectivity index (χ3n) is 1.89. The fraction of sp³-hybridized carbons (Fsp3) is 0.111. The Labute approximate surface area is 114 Å². The van der Waals surface area contributed by atoms with Crippen LogP contribution in [0, 0.1) is 0 Å². The van der Waals surface area contributed by atoms with E-state index >= 15 is 0 Å². The van der Waals surface area contributed by atoms with E-state index in [1.54, 1.807) is 0 Å². The Balaban J connectivity index is 3.21. The molecule has 5 nitrogen and oxygen atoms in total. The van der Waals surface area contributed by atoms with Crippen molar-refractivity contribution in [2.24, 2.45) is 0 Å². The normalized spacial score (nSPS) is 12.8. The zero-order valence-electron chi connectivity index (χ0n) is 9.00. The summed E-state index contributed by atoms with van der Waals surface area (Å²) < 4.78 is 48.9. The number of hydrogen-bond acceptors (Lipinski definition) is 5. The smallest absolute Gasteiger partial charge is 0.341 e. The predicted octanol–water partition coefficient (Wildman–Crippen LogP) is 2.22. The van der Waals surface area contributed by atoms with Crippen LogP contribution in [0.4, 0.5) is 0 Å². The molecule has 0 unspecified atom stereocenters. The van der Waals surface area contributed by atoms with Crippen LogP contribution in [0.15, 0.2) is 23.6 Å². The molecule has 0 saturated carbocycles. The van der Waals surface area contributed by atoms with Crippen LogP contribution in [0.1, 0.15) is 5.56 Å². The van der Waals surface area contributed by atoms with E-state index in [1.165, 1.54) is 25.3 Å². The van der Waals surface area contributed by atoms with Crippen LogP contribution in [0.5, 0.6) is 5.75 Å². The summed E-state index contributed by atoms with van der Waals surface area (Å²) in [4.78, 5) is 0. The van der Waals surface area contributed by atoms with Crippen LogP contribution < -0.4 is 4.74 Å². The molecular weight excluding hydrogens is 323 g/mol. The Morgan fingerprint density at radius 3 is 2.33 bits per heavy atom. The predicted molar refractivity (Wildman–Crippen MR) is 70.7 cm³/mol. The van der Waals surface area contributed by atoms with Gasteiger partial charge in [0.25, 0.3) is 8.87 Å². The lowest BCUT2D eigenvalue weighted by Gasteiger charge is -2.04. The fourth-order valence-electron chi connectivity index (χ4n) is 1.05. The highest BCUT2D eigenvalue weighted by atomic mass is 35.8. The molecule has 0 aliphatic heterocycles. The van der Waals surface area contributed by atoms with E-state index in [-0.39, 0.29) is 0 Å². The van der Waals surface area contributed by atoms with Gasteiger partial charge in [-0.3, -0.25) is 0 Å². The van der Waals surface area contributed by atoms with Crippen molar-refractivity contribution in [2.75, 3.05) is 7.11 Å². The molecule has 0 spiro atoms. The monoisotopic (exact) mass is 330 g/mol. The van der Waals surface area contributed by atoms with Crippen LogP contribution in [0.25, 0.3) is 6.08 Å². The van der Waals surface area contributed by atoms with E-state index < -0.39 is 17.0 Å². The lowest BCUT2D eigenvalue weighted by Crippen LogP contribution is -2.04. The molecule has 0 saturated heterocycles. The molecule has 1 aromatic carbocycles. The summed E-state index contributed by atoms with van der Waals surface area (Å²) in [5, 5.41) is 0.887. The van der Waals surface area contributed by atoms with Crippen LogP contribution >= 0.6 is 22.3 Å². The second-order valence-electron chi connectivity index (χ2n) is 3.07. The molecule has 0 aliphatic carbocycles. The molecule has 9 heteroatoms. The first-order chi connectivity index (χ1) is 8.17. The molecule has 0 bridgehead atoms. The zero-order valence-corrected chi connectivity index (χ0v) is 12.1. The van der Waals surface area contributed by atoms with Gasteiger partial charge < -0.3 is 4.74 Å². The second-order valence-corrected chi connectivity index (χ2v) is 10.0. The van der Waals surface area contributed by atoms with Crippen LogP contribution in [-0.4, -0.2) is 23.9 Å².